The molecule has 0 aliphatic rings. The predicted octanol–water partition coefficient (Wildman–Crippen LogP) is 3.52. The van der Waals surface area contributed by atoms with Crippen molar-refractivity contribution in [3.05, 3.63) is 60.2 Å². The molecule has 1 amide bonds. The number of anilines is 1. The molecule has 0 saturated heterocycles. The first-order chi connectivity index (χ1) is 10.7. The van der Waals surface area contributed by atoms with E-state index < -0.39 is 0 Å². The first-order valence-corrected chi connectivity index (χ1v) is 8.57. The molecule has 0 aliphatic carbocycles. The Morgan fingerprint density at radius 1 is 1.09 bits per heavy atom. The zero-order chi connectivity index (χ0) is 15.8. The smallest absolute Gasteiger partial charge is 0.238 e. The number of benzene rings is 2. The summed E-state index contributed by atoms with van der Waals surface area (Å²) in [4.78, 5) is 15.3. The third-order valence-electron chi connectivity index (χ3n) is 3.42. The standard InChI is InChI=1S/C18H22N2OS/c1-20(13-12-15-8-4-3-5-9-15)14-18(21)19-16-10-6-7-11-17(16)22-2/h3-11H,12-14H2,1-2H3,(H,19,21). The number of hydrogen-bond donors (Lipinski definition) is 1. The van der Waals surface area contributed by atoms with Crippen molar-refractivity contribution in [3.63, 3.8) is 0 Å². The molecule has 0 saturated carbocycles. The lowest BCUT2D eigenvalue weighted by atomic mass is 10.1. The Kier molecular flexibility index (Phi) is 6.49. The van der Waals surface area contributed by atoms with E-state index in [2.05, 4.69) is 17.4 Å². The average Bonchev–Trinajstić information content (AvgIpc) is 2.54. The van der Waals surface area contributed by atoms with E-state index in [0.29, 0.717) is 6.54 Å². The second-order valence-corrected chi connectivity index (χ2v) is 6.07. The van der Waals surface area contributed by atoms with Crippen molar-refractivity contribution in [2.45, 2.75) is 11.3 Å². The minimum atomic E-state index is 0.0251. The number of carbonyl (C=O) groups excluding carboxylic acids is 1. The summed E-state index contributed by atoms with van der Waals surface area (Å²) in [6.45, 7) is 1.26. The van der Waals surface area contributed by atoms with Crippen LogP contribution in [0.1, 0.15) is 5.56 Å². The largest absolute Gasteiger partial charge is 0.324 e. The maximum atomic E-state index is 12.1. The van der Waals surface area contributed by atoms with E-state index in [9.17, 15) is 4.79 Å². The highest BCUT2D eigenvalue weighted by Gasteiger charge is 2.09. The van der Waals surface area contributed by atoms with Crippen molar-refractivity contribution < 1.29 is 4.79 Å². The number of likely N-dealkylation sites (N-methyl/N-ethyl adjacent to an activating group) is 1. The molecule has 0 atom stereocenters. The van der Waals surface area contributed by atoms with E-state index >= 15 is 0 Å². The van der Waals surface area contributed by atoms with E-state index in [0.717, 1.165) is 23.5 Å². The summed E-state index contributed by atoms with van der Waals surface area (Å²) in [5.41, 5.74) is 2.18. The molecular weight excluding hydrogens is 292 g/mol. The Balaban J connectivity index is 1.81. The molecule has 0 bridgehead atoms. The molecule has 116 valence electrons. The molecule has 4 heteroatoms. The van der Waals surface area contributed by atoms with Gasteiger partial charge in [0.05, 0.1) is 12.2 Å². The minimum absolute atomic E-state index is 0.0251. The second-order valence-electron chi connectivity index (χ2n) is 5.22. The van der Waals surface area contributed by atoms with Crippen LogP contribution in [0.25, 0.3) is 0 Å². The molecule has 22 heavy (non-hydrogen) atoms. The van der Waals surface area contributed by atoms with Crippen molar-refractivity contribution in [1.82, 2.24) is 4.90 Å². The fourth-order valence-corrected chi connectivity index (χ4v) is 2.78. The van der Waals surface area contributed by atoms with Crippen LogP contribution in [0.4, 0.5) is 5.69 Å². The molecule has 2 aromatic rings. The van der Waals surface area contributed by atoms with Crippen molar-refractivity contribution >= 4 is 23.4 Å². The normalized spacial score (nSPS) is 10.7. The van der Waals surface area contributed by atoms with Gasteiger partial charge < -0.3 is 5.32 Å². The van der Waals surface area contributed by atoms with Gasteiger partial charge in [-0.1, -0.05) is 42.5 Å². The first-order valence-electron chi connectivity index (χ1n) is 7.34. The van der Waals surface area contributed by atoms with Gasteiger partial charge in [-0.15, -0.1) is 11.8 Å². The maximum Gasteiger partial charge on any atom is 0.238 e. The number of nitrogens with one attached hydrogen (secondary N) is 1. The number of thioether (sulfide) groups is 1. The van der Waals surface area contributed by atoms with Gasteiger partial charge in [-0.3, -0.25) is 9.69 Å². The Labute approximate surface area is 136 Å². The van der Waals surface area contributed by atoms with Crippen LogP contribution in [0.2, 0.25) is 0 Å². The maximum absolute atomic E-state index is 12.1. The van der Waals surface area contributed by atoms with E-state index in [-0.39, 0.29) is 5.91 Å². The van der Waals surface area contributed by atoms with Crippen molar-refractivity contribution in [1.29, 1.82) is 0 Å². The molecule has 0 unspecified atom stereocenters. The average molecular weight is 314 g/mol. The Hall–Kier alpha value is -1.78. The molecule has 0 fully saturated rings. The Morgan fingerprint density at radius 3 is 2.50 bits per heavy atom. The van der Waals surface area contributed by atoms with Gasteiger partial charge in [0.15, 0.2) is 0 Å². The van der Waals surface area contributed by atoms with Crippen LogP contribution in [0.15, 0.2) is 59.5 Å². The molecule has 3 nitrogen and oxygen atoms in total. The van der Waals surface area contributed by atoms with Crippen LogP contribution in [0, 0.1) is 0 Å². The summed E-state index contributed by atoms with van der Waals surface area (Å²) in [5, 5.41) is 2.99. The summed E-state index contributed by atoms with van der Waals surface area (Å²) in [7, 11) is 1.98. The number of nitrogens with zero attached hydrogens (tertiary/aromatic N) is 1. The molecule has 0 aromatic heterocycles. The number of rotatable bonds is 7. The van der Waals surface area contributed by atoms with E-state index in [1.165, 1.54) is 5.56 Å². The summed E-state index contributed by atoms with van der Waals surface area (Å²) in [6.07, 6.45) is 2.96. The van der Waals surface area contributed by atoms with Gasteiger partial charge in [-0.2, -0.15) is 0 Å². The third-order valence-corrected chi connectivity index (χ3v) is 4.22. The Bertz CT molecular complexity index is 601. The molecular formula is C18H22N2OS. The van der Waals surface area contributed by atoms with Crippen LogP contribution >= 0.6 is 11.8 Å². The van der Waals surface area contributed by atoms with Crippen molar-refractivity contribution in [2.24, 2.45) is 0 Å². The molecule has 0 aliphatic heterocycles. The summed E-state index contributed by atoms with van der Waals surface area (Å²) < 4.78 is 0. The fourth-order valence-electron chi connectivity index (χ4n) is 2.23. The van der Waals surface area contributed by atoms with Gasteiger partial charge in [0.2, 0.25) is 5.91 Å². The van der Waals surface area contributed by atoms with Gasteiger partial charge in [-0.05, 0) is 37.4 Å². The number of para-hydroxylation sites is 1. The molecule has 0 radical (unpaired) electrons. The zero-order valence-electron chi connectivity index (χ0n) is 13.1. The first kappa shape index (κ1) is 16.6. The molecule has 2 aromatic carbocycles. The highest BCUT2D eigenvalue weighted by molar-refractivity contribution is 7.98. The topological polar surface area (TPSA) is 32.3 Å². The number of carbonyl (C=O) groups is 1. The minimum Gasteiger partial charge on any atom is -0.324 e. The fraction of sp³-hybridized carbons (Fsp3) is 0.278. The summed E-state index contributed by atoms with van der Waals surface area (Å²) in [5.74, 6) is 0.0251. The van der Waals surface area contributed by atoms with Crippen LogP contribution in [-0.2, 0) is 11.2 Å². The van der Waals surface area contributed by atoms with Crippen molar-refractivity contribution in [3.8, 4) is 0 Å². The lowest BCUT2D eigenvalue weighted by molar-refractivity contribution is -0.117. The van der Waals surface area contributed by atoms with Crippen LogP contribution in [0.3, 0.4) is 0 Å². The van der Waals surface area contributed by atoms with Crippen LogP contribution in [-0.4, -0.2) is 37.2 Å². The van der Waals surface area contributed by atoms with Gasteiger partial charge in [0.1, 0.15) is 0 Å². The summed E-state index contributed by atoms with van der Waals surface area (Å²) >= 11 is 1.64. The van der Waals surface area contributed by atoms with Gasteiger partial charge in [-0.25, -0.2) is 0 Å². The molecule has 1 N–H and O–H groups in total. The number of hydrogen-bond acceptors (Lipinski definition) is 3. The van der Waals surface area contributed by atoms with Gasteiger partial charge in [0.25, 0.3) is 0 Å². The molecule has 2 rings (SSSR count). The van der Waals surface area contributed by atoms with Crippen LogP contribution < -0.4 is 5.32 Å². The van der Waals surface area contributed by atoms with Crippen LogP contribution in [0.5, 0.6) is 0 Å². The SMILES string of the molecule is CSc1ccccc1NC(=O)CN(C)CCc1ccccc1. The zero-order valence-corrected chi connectivity index (χ0v) is 13.9. The van der Waals surface area contributed by atoms with E-state index in [4.69, 9.17) is 0 Å². The Morgan fingerprint density at radius 2 is 1.77 bits per heavy atom. The summed E-state index contributed by atoms with van der Waals surface area (Å²) in [6, 6.07) is 18.2. The van der Waals surface area contributed by atoms with E-state index in [1.54, 1.807) is 11.8 Å². The quantitative estimate of drug-likeness (QED) is 0.794. The third kappa shape index (κ3) is 5.20. The lowest BCUT2D eigenvalue weighted by Gasteiger charge is -2.17. The monoisotopic (exact) mass is 314 g/mol. The highest BCUT2D eigenvalue weighted by atomic mass is 32.2. The lowest BCUT2D eigenvalue weighted by Crippen LogP contribution is -2.31. The second kappa shape index (κ2) is 8.61. The molecule has 0 spiro atoms. The van der Waals surface area contributed by atoms with Crippen molar-refractivity contribution in [2.75, 3.05) is 31.7 Å². The highest BCUT2D eigenvalue weighted by Crippen LogP contribution is 2.24. The number of amides is 1. The van der Waals surface area contributed by atoms with E-state index in [1.807, 2.05) is 60.7 Å². The van der Waals surface area contributed by atoms with Gasteiger partial charge >= 0.3 is 0 Å². The predicted molar refractivity (Wildman–Crippen MR) is 94.5 cm³/mol. The van der Waals surface area contributed by atoms with Gasteiger partial charge in [0, 0.05) is 11.4 Å². The molecule has 0 heterocycles.